The lowest BCUT2D eigenvalue weighted by molar-refractivity contribution is 0.0211. The number of carbonyl (C=O) groups excluding carboxylic acids is 1. The number of halogens is 1. The van der Waals surface area contributed by atoms with Crippen LogP contribution in [0.15, 0.2) is 52.1 Å². The molecule has 0 spiro atoms. The number of hydrogen-bond donors (Lipinski definition) is 3. The molecule has 1 aromatic carbocycles. The monoisotopic (exact) mass is 555 g/mol. The van der Waals surface area contributed by atoms with Crippen LogP contribution in [0.25, 0.3) is 0 Å². The first-order valence-corrected chi connectivity index (χ1v) is 10.9. The molecule has 2 aromatic rings. The topological polar surface area (TPSA) is 91.1 Å². The Balaban J connectivity index is 0.00000363. The van der Waals surface area contributed by atoms with Crippen molar-refractivity contribution in [3.8, 4) is 0 Å². The summed E-state index contributed by atoms with van der Waals surface area (Å²) in [5, 5.41) is 9.59. The Labute approximate surface area is 207 Å². The molecular weight excluding hydrogens is 521 g/mol. The fourth-order valence-electron chi connectivity index (χ4n) is 3.40. The molecule has 176 valence electrons. The van der Waals surface area contributed by atoms with E-state index < -0.39 is 0 Å². The first-order chi connectivity index (χ1) is 15.2. The second-order valence-electron chi connectivity index (χ2n) is 7.54. The summed E-state index contributed by atoms with van der Waals surface area (Å²) in [6, 6.07) is 11.6. The largest absolute Gasteiger partial charge is 0.467 e. The molecule has 1 aromatic heterocycles. The Hall–Kier alpha value is -2.11. The van der Waals surface area contributed by atoms with E-state index in [0.717, 1.165) is 56.7 Å². The Bertz CT molecular complexity index is 838. The third-order valence-electron chi connectivity index (χ3n) is 5.19. The molecule has 1 fully saturated rings. The summed E-state index contributed by atoms with van der Waals surface area (Å²) in [7, 11) is 0. The summed E-state index contributed by atoms with van der Waals surface area (Å²) in [4.78, 5) is 19.5. The Morgan fingerprint density at radius 1 is 1.16 bits per heavy atom. The average Bonchev–Trinajstić information content (AvgIpc) is 3.33. The number of nitrogens with zero attached hydrogens (tertiary/aromatic N) is 2. The van der Waals surface area contributed by atoms with Crippen molar-refractivity contribution in [2.45, 2.75) is 33.0 Å². The van der Waals surface area contributed by atoms with Crippen LogP contribution >= 0.6 is 24.0 Å². The molecule has 1 aliphatic heterocycles. The molecule has 32 heavy (non-hydrogen) atoms. The van der Waals surface area contributed by atoms with Crippen molar-refractivity contribution in [1.29, 1.82) is 0 Å². The van der Waals surface area contributed by atoms with Crippen LogP contribution < -0.4 is 16.0 Å². The molecule has 9 heteroatoms. The van der Waals surface area contributed by atoms with Gasteiger partial charge in [0.25, 0.3) is 5.91 Å². The van der Waals surface area contributed by atoms with Crippen molar-refractivity contribution in [2.24, 2.45) is 4.99 Å². The van der Waals surface area contributed by atoms with Crippen molar-refractivity contribution >= 4 is 35.8 Å². The van der Waals surface area contributed by atoms with Gasteiger partial charge in [-0.1, -0.05) is 12.1 Å². The second kappa shape index (κ2) is 14.1. The van der Waals surface area contributed by atoms with Gasteiger partial charge in [-0.05, 0) is 43.7 Å². The lowest BCUT2D eigenvalue weighted by atomic mass is 10.1. The number of aliphatic imine (C=N–C) groups is 1. The van der Waals surface area contributed by atoms with Gasteiger partial charge in [0.05, 0.1) is 32.6 Å². The van der Waals surface area contributed by atoms with E-state index in [0.29, 0.717) is 24.7 Å². The molecule has 3 rings (SSSR count). The first-order valence-electron chi connectivity index (χ1n) is 10.9. The highest BCUT2D eigenvalue weighted by molar-refractivity contribution is 14.0. The highest BCUT2D eigenvalue weighted by Gasteiger charge is 2.17. The second-order valence-corrected chi connectivity index (χ2v) is 7.54. The SMILES string of the molecule is CCNC(=NCc1cccc(C(=O)NCc2ccco2)c1)NCC(C)N1CCOCC1.I. The van der Waals surface area contributed by atoms with Gasteiger partial charge in [0, 0.05) is 37.8 Å². The zero-order valence-corrected chi connectivity index (χ0v) is 21.1. The number of benzene rings is 1. The van der Waals surface area contributed by atoms with Gasteiger partial charge in [-0.3, -0.25) is 9.69 Å². The van der Waals surface area contributed by atoms with Crippen LogP contribution in [0.4, 0.5) is 0 Å². The maximum absolute atomic E-state index is 12.4. The number of guanidine groups is 1. The van der Waals surface area contributed by atoms with Crippen LogP contribution in [0.5, 0.6) is 0 Å². The fraction of sp³-hybridized carbons (Fsp3) is 0.478. The van der Waals surface area contributed by atoms with Crippen LogP contribution in [0.2, 0.25) is 0 Å². The number of morpholine rings is 1. The standard InChI is InChI=1S/C23H33N5O3.HI/c1-3-24-23(26-15-18(2)28-9-12-30-13-10-28)27-16-19-6-4-7-20(14-19)22(29)25-17-21-8-5-11-31-21;/h4-8,11,14,18H,3,9-10,12-13,15-17H2,1-2H3,(H,25,29)(H2,24,26,27);1H. The van der Waals surface area contributed by atoms with Crippen molar-refractivity contribution in [3.63, 3.8) is 0 Å². The average molecular weight is 555 g/mol. The van der Waals surface area contributed by atoms with E-state index in [-0.39, 0.29) is 29.9 Å². The molecule has 3 N–H and O–H groups in total. The van der Waals surface area contributed by atoms with Crippen LogP contribution in [0.3, 0.4) is 0 Å². The molecule has 0 bridgehead atoms. The molecule has 1 aliphatic rings. The van der Waals surface area contributed by atoms with Crippen LogP contribution in [-0.4, -0.2) is 62.2 Å². The van der Waals surface area contributed by atoms with Gasteiger partial charge in [-0.25, -0.2) is 4.99 Å². The minimum absolute atomic E-state index is 0. The predicted molar refractivity (Wildman–Crippen MR) is 136 cm³/mol. The first kappa shape index (κ1) is 26.1. The minimum Gasteiger partial charge on any atom is -0.467 e. The third-order valence-corrected chi connectivity index (χ3v) is 5.19. The van der Waals surface area contributed by atoms with Gasteiger partial charge in [-0.2, -0.15) is 0 Å². The summed E-state index contributed by atoms with van der Waals surface area (Å²) in [5.41, 5.74) is 1.59. The summed E-state index contributed by atoms with van der Waals surface area (Å²) in [6.45, 7) is 10.2. The number of ether oxygens (including phenoxy) is 1. The van der Waals surface area contributed by atoms with Gasteiger partial charge in [-0.15, -0.1) is 24.0 Å². The quantitative estimate of drug-likeness (QED) is 0.251. The number of furan rings is 1. The van der Waals surface area contributed by atoms with Crippen molar-refractivity contribution in [3.05, 3.63) is 59.5 Å². The number of nitrogens with one attached hydrogen (secondary N) is 3. The summed E-state index contributed by atoms with van der Waals surface area (Å²) >= 11 is 0. The van der Waals surface area contributed by atoms with Gasteiger partial charge < -0.3 is 25.1 Å². The maximum atomic E-state index is 12.4. The Morgan fingerprint density at radius 2 is 1.97 bits per heavy atom. The lowest BCUT2D eigenvalue weighted by Gasteiger charge is -2.32. The molecular formula is C23H34IN5O3. The zero-order chi connectivity index (χ0) is 21.9. The number of carbonyl (C=O) groups is 1. The minimum atomic E-state index is -0.133. The maximum Gasteiger partial charge on any atom is 0.251 e. The summed E-state index contributed by atoms with van der Waals surface area (Å²) in [6.07, 6.45) is 1.60. The molecule has 1 unspecified atom stereocenters. The van der Waals surface area contributed by atoms with E-state index in [4.69, 9.17) is 14.1 Å². The van der Waals surface area contributed by atoms with Gasteiger partial charge in [0.1, 0.15) is 5.76 Å². The smallest absolute Gasteiger partial charge is 0.251 e. The number of amides is 1. The van der Waals surface area contributed by atoms with E-state index in [2.05, 4.69) is 27.8 Å². The van der Waals surface area contributed by atoms with Crippen LogP contribution in [-0.2, 0) is 17.8 Å². The normalized spacial score (nSPS) is 15.5. The van der Waals surface area contributed by atoms with Crippen molar-refractivity contribution in [1.82, 2.24) is 20.9 Å². The third kappa shape index (κ3) is 8.44. The van der Waals surface area contributed by atoms with Crippen molar-refractivity contribution < 1.29 is 13.9 Å². The molecule has 0 radical (unpaired) electrons. The Kier molecular flexibility index (Phi) is 11.5. The van der Waals surface area contributed by atoms with Gasteiger partial charge in [0.15, 0.2) is 5.96 Å². The number of hydrogen-bond acceptors (Lipinski definition) is 5. The molecule has 2 heterocycles. The number of rotatable bonds is 9. The van der Waals surface area contributed by atoms with E-state index in [1.165, 1.54) is 0 Å². The van der Waals surface area contributed by atoms with Crippen LogP contribution in [0.1, 0.15) is 35.5 Å². The molecule has 0 aliphatic carbocycles. The van der Waals surface area contributed by atoms with E-state index in [1.807, 2.05) is 31.2 Å². The summed E-state index contributed by atoms with van der Waals surface area (Å²) in [5.74, 6) is 1.36. The highest BCUT2D eigenvalue weighted by atomic mass is 127. The van der Waals surface area contributed by atoms with Gasteiger partial charge >= 0.3 is 0 Å². The van der Waals surface area contributed by atoms with E-state index in [1.54, 1.807) is 18.4 Å². The van der Waals surface area contributed by atoms with Gasteiger partial charge in [0.2, 0.25) is 0 Å². The molecule has 1 amide bonds. The van der Waals surface area contributed by atoms with Crippen molar-refractivity contribution in [2.75, 3.05) is 39.4 Å². The highest BCUT2D eigenvalue weighted by Crippen LogP contribution is 2.08. The molecule has 1 atom stereocenters. The zero-order valence-electron chi connectivity index (χ0n) is 18.8. The molecule has 8 nitrogen and oxygen atoms in total. The molecule has 0 saturated carbocycles. The predicted octanol–water partition coefficient (Wildman–Crippen LogP) is 2.60. The van der Waals surface area contributed by atoms with E-state index >= 15 is 0 Å². The lowest BCUT2D eigenvalue weighted by Crippen LogP contribution is -2.49. The summed E-state index contributed by atoms with van der Waals surface area (Å²) < 4.78 is 10.7. The molecule has 1 saturated heterocycles. The van der Waals surface area contributed by atoms with Crippen LogP contribution in [0, 0.1) is 0 Å². The Morgan fingerprint density at radius 3 is 2.69 bits per heavy atom. The van der Waals surface area contributed by atoms with E-state index in [9.17, 15) is 4.79 Å². The fourth-order valence-corrected chi connectivity index (χ4v) is 3.40.